The van der Waals surface area contributed by atoms with Crippen LogP contribution in [0.5, 0.6) is 0 Å². The Morgan fingerprint density at radius 3 is 2.74 bits per heavy atom. The van der Waals surface area contributed by atoms with Crippen molar-refractivity contribution in [3.05, 3.63) is 0 Å². The molecule has 6 nitrogen and oxygen atoms in total. The Hall–Kier alpha value is -1.77. The quantitative estimate of drug-likeness (QED) is 0.788. The molecular formula is C13H21N3O3. The molecule has 0 aromatic heterocycles. The Morgan fingerprint density at radius 1 is 1.42 bits per heavy atom. The van der Waals surface area contributed by atoms with E-state index in [4.69, 9.17) is 10.4 Å². The number of nitrogens with zero attached hydrogens (tertiary/aromatic N) is 2. The molecule has 2 N–H and O–H groups in total. The molecule has 0 saturated heterocycles. The normalized spacial score (nSPS) is 22.3. The van der Waals surface area contributed by atoms with Crippen molar-refractivity contribution in [2.24, 2.45) is 11.8 Å². The summed E-state index contributed by atoms with van der Waals surface area (Å²) in [5.41, 5.74) is 0. The standard InChI is InChI=1S/C13H21N3O3/c1-16(8-4-7-14)13(19)15-9-10-5-2-3-6-11(10)12(17)18/h10-11H,2-6,8-9H2,1H3,(H,15,19)(H,17,18). The summed E-state index contributed by atoms with van der Waals surface area (Å²) < 4.78 is 0. The van der Waals surface area contributed by atoms with Gasteiger partial charge in [-0.1, -0.05) is 12.8 Å². The van der Waals surface area contributed by atoms with Crippen LogP contribution in [0, 0.1) is 23.2 Å². The average Bonchev–Trinajstić information content (AvgIpc) is 2.42. The molecule has 19 heavy (non-hydrogen) atoms. The first kappa shape index (κ1) is 15.3. The zero-order valence-corrected chi connectivity index (χ0v) is 11.3. The summed E-state index contributed by atoms with van der Waals surface area (Å²) in [5, 5.41) is 20.4. The molecule has 2 unspecified atom stereocenters. The third kappa shape index (κ3) is 4.78. The second kappa shape index (κ2) is 7.62. The van der Waals surface area contributed by atoms with Crippen molar-refractivity contribution >= 4 is 12.0 Å². The molecule has 1 aliphatic rings. The monoisotopic (exact) mass is 267 g/mol. The summed E-state index contributed by atoms with van der Waals surface area (Å²) in [6.45, 7) is 0.780. The molecule has 1 saturated carbocycles. The highest BCUT2D eigenvalue weighted by Crippen LogP contribution is 2.29. The van der Waals surface area contributed by atoms with Crippen LogP contribution in [-0.4, -0.2) is 42.1 Å². The Bertz CT molecular complexity index is 365. The van der Waals surface area contributed by atoms with Crippen molar-refractivity contribution in [3.63, 3.8) is 0 Å². The van der Waals surface area contributed by atoms with Gasteiger partial charge in [0.2, 0.25) is 0 Å². The van der Waals surface area contributed by atoms with Crippen LogP contribution in [0.1, 0.15) is 32.1 Å². The molecule has 1 rings (SSSR count). The number of hydrogen-bond acceptors (Lipinski definition) is 3. The second-order valence-electron chi connectivity index (χ2n) is 5.00. The zero-order chi connectivity index (χ0) is 14.3. The summed E-state index contributed by atoms with van der Waals surface area (Å²) in [7, 11) is 1.63. The van der Waals surface area contributed by atoms with E-state index in [0.29, 0.717) is 25.9 Å². The van der Waals surface area contributed by atoms with Gasteiger partial charge in [-0.3, -0.25) is 4.79 Å². The highest BCUT2D eigenvalue weighted by Gasteiger charge is 2.30. The van der Waals surface area contributed by atoms with Gasteiger partial charge in [-0.2, -0.15) is 5.26 Å². The molecule has 0 radical (unpaired) electrons. The maximum atomic E-state index is 11.7. The van der Waals surface area contributed by atoms with Gasteiger partial charge in [0, 0.05) is 20.1 Å². The van der Waals surface area contributed by atoms with Crippen LogP contribution in [0.2, 0.25) is 0 Å². The predicted octanol–water partition coefficient (Wildman–Crippen LogP) is 1.43. The number of nitrogens with one attached hydrogen (secondary N) is 1. The van der Waals surface area contributed by atoms with Gasteiger partial charge in [-0.25, -0.2) is 4.79 Å². The lowest BCUT2D eigenvalue weighted by atomic mass is 9.79. The fraction of sp³-hybridized carbons (Fsp3) is 0.769. The Morgan fingerprint density at radius 2 is 2.11 bits per heavy atom. The maximum absolute atomic E-state index is 11.7. The molecule has 0 aromatic carbocycles. The lowest BCUT2D eigenvalue weighted by Gasteiger charge is -2.29. The predicted molar refractivity (Wildman–Crippen MR) is 69.3 cm³/mol. The van der Waals surface area contributed by atoms with E-state index in [0.717, 1.165) is 19.3 Å². The molecule has 0 bridgehead atoms. The highest BCUT2D eigenvalue weighted by atomic mass is 16.4. The molecule has 6 heteroatoms. The first-order chi connectivity index (χ1) is 9.06. The first-order valence-electron chi connectivity index (χ1n) is 6.65. The molecular weight excluding hydrogens is 246 g/mol. The van der Waals surface area contributed by atoms with Gasteiger partial charge in [0.15, 0.2) is 0 Å². The molecule has 106 valence electrons. The maximum Gasteiger partial charge on any atom is 0.317 e. The Balaban J connectivity index is 2.39. The van der Waals surface area contributed by atoms with Gasteiger partial charge in [-0.05, 0) is 18.8 Å². The minimum absolute atomic E-state index is 0.0135. The lowest BCUT2D eigenvalue weighted by molar-refractivity contribution is -0.144. The van der Waals surface area contributed by atoms with E-state index >= 15 is 0 Å². The van der Waals surface area contributed by atoms with E-state index in [-0.39, 0.29) is 17.9 Å². The van der Waals surface area contributed by atoms with Crippen LogP contribution in [-0.2, 0) is 4.79 Å². The van der Waals surface area contributed by atoms with Crippen molar-refractivity contribution in [2.75, 3.05) is 20.1 Å². The summed E-state index contributed by atoms with van der Waals surface area (Å²) in [6, 6.07) is 1.74. The lowest BCUT2D eigenvalue weighted by Crippen LogP contribution is -2.42. The van der Waals surface area contributed by atoms with Gasteiger partial charge in [-0.15, -0.1) is 0 Å². The van der Waals surface area contributed by atoms with Crippen LogP contribution < -0.4 is 5.32 Å². The third-order valence-corrected chi connectivity index (χ3v) is 3.65. The fourth-order valence-corrected chi connectivity index (χ4v) is 2.45. The molecule has 0 aromatic rings. The SMILES string of the molecule is CN(CCC#N)C(=O)NCC1CCCCC1C(=O)O. The number of hydrogen-bond donors (Lipinski definition) is 2. The van der Waals surface area contributed by atoms with E-state index in [1.54, 1.807) is 7.05 Å². The number of carbonyl (C=O) groups excluding carboxylic acids is 1. The minimum Gasteiger partial charge on any atom is -0.481 e. The van der Waals surface area contributed by atoms with E-state index in [1.165, 1.54) is 4.90 Å². The third-order valence-electron chi connectivity index (χ3n) is 3.65. The molecule has 0 heterocycles. The summed E-state index contributed by atoms with van der Waals surface area (Å²) in [6.07, 6.45) is 3.81. The number of urea groups is 1. The highest BCUT2D eigenvalue weighted by molar-refractivity contribution is 5.74. The molecule has 0 aliphatic heterocycles. The minimum atomic E-state index is -0.767. The van der Waals surface area contributed by atoms with Gasteiger partial charge < -0.3 is 15.3 Å². The van der Waals surface area contributed by atoms with Crippen LogP contribution in [0.15, 0.2) is 0 Å². The summed E-state index contributed by atoms with van der Waals surface area (Å²) in [4.78, 5) is 24.3. The molecule has 0 spiro atoms. The van der Waals surface area contributed by atoms with Crippen LogP contribution >= 0.6 is 0 Å². The number of carbonyl (C=O) groups is 2. The first-order valence-corrected chi connectivity index (χ1v) is 6.65. The van der Waals surface area contributed by atoms with Gasteiger partial charge in [0.25, 0.3) is 0 Å². The van der Waals surface area contributed by atoms with Crippen molar-refractivity contribution in [2.45, 2.75) is 32.1 Å². The summed E-state index contributed by atoms with van der Waals surface area (Å²) in [5.74, 6) is -1.10. The number of aliphatic carboxylic acids is 1. The fourth-order valence-electron chi connectivity index (χ4n) is 2.45. The van der Waals surface area contributed by atoms with Crippen molar-refractivity contribution in [1.29, 1.82) is 5.26 Å². The van der Waals surface area contributed by atoms with E-state index in [1.807, 2.05) is 6.07 Å². The molecule has 1 aliphatic carbocycles. The second-order valence-corrected chi connectivity index (χ2v) is 5.00. The van der Waals surface area contributed by atoms with E-state index in [2.05, 4.69) is 5.32 Å². The number of amides is 2. The summed E-state index contributed by atoms with van der Waals surface area (Å²) >= 11 is 0. The number of rotatable bonds is 5. The zero-order valence-electron chi connectivity index (χ0n) is 11.3. The number of carboxylic acids is 1. The molecule has 2 atom stereocenters. The number of carboxylic acid groups (broad SMARTS) is 1. The largest absolute Gasteiger partial charge is 0.481 e. The van der Waals surface area contributed by atoms with E-state index < -0.39 is 5.97 Å². The van der Waals surface area contributed by atoms with Crippen molar-refractivity contribution in [1.82, 2.24) is 10.2 Å². The van der Waals surface area contributed by atoms with Crippen molar-refractivity contribution < 1.29 is 14.7 Å². The van der Waals surface area contributed by atoms with Crippen LogP contribution in [0.4, 0.5) is 4.79 Å². The van der Waals surface area contributed by atoms with Gasteiger partial charge in [0.05, 0.1) is 18.4 Å². The Labute approximate surface area is 113 Å². The van der Waals surface area contributed by atoms with Crippen LogP contribution in [0.25, 0.3) is 0 Å². The van der Waals surface area contributed by atoms with Gasteiger partial charge >= 0.3 is 12.0 Å². The molecule has 2 amide bonds. The average molecular weight is 267 g/mol. The Kier molecular flexibility index (Phi) is 6.13. The van der Waals surface area contributed by atoms with Crippen LogP contribution in [0.3, 0.4) is 0 Å². The van der Waals surface area contributed by atoms with Crippen molar-refractivity contribution in [3.8, 4) is 6.07 Å². The molecule has 1 fully saturated rings. The smallest absolute Gasteiger partial charge is 0.317 e. The van der Waals surface area contributed by atoms with E-state index in [9.17, 15) is 9.59 Å². The number of nitriles is 1. The van der Waals surface area contributed by atoms with Gasteiger partial charge in [0.1, 0.15) is 0 Å². The topological polar surface area (TPSA) is 93.4 Å².